The highest BCUT2D eigenvalue weighted by molar-refractivity contribution is 5.82. The zero-order chi connectivity index (χ0) is 14.5. The van der Waals surface area contributed by atoms with Crippen molar-refractivity contribution in [3.63, 3.8) is 0 Å². The maximum Gasteiger partial charge on any atom is 0.269 e. The number of non-ortho nitro benzene ring substituents is 1. The lowest BCUT2D eigenvalue weighted by molar-refractivity contribution is -0.384. The first kappa shape index (κ1) is 13.4. The van der Waals surface area contributed by atoms with Gasteiger partial charge in [-0.05, 0) is 36.2 Å². The molecule has 0 radical (unpaired) electrons. The van der Waals surface area contributed by atoms with Crippen LogP contribution in [0.15, 0.2) is 47.5 Å². The standard InChI is InChI=1S/C15H11N3O2/c1-11-8-14(18(19)20)6-7-15(11)17-10-13-4-2-12(9-16)3-5-13/h2-8,10H,1H3. The lowest BCUT2D eigenvalue weighted by Crippen LogP contribution is -1.88. The molecule has 2 aromatic carbocycles. The fourth-order valence-corrected chi connectivity index (χ4v) is 1.69. The van der Waals surface area contributed by atoms with E-state index in [4.69, 9.17) is 5.26 Å². The summed E-state index contributed by atoms with van der Waals surface area (Å²) in [6.45, 7) is 1.78. The van der Waals surface area contributed by atoms with Crippen LogP contribution >= 0.6 is 0 Å². The second-order valence-corrected chi connectivity index (χ2v) is 4.22. The molecule has 5 heteroatoms. The Balaban J connectivity index is 2.22. The van der Waals surface area contributed by atoms with Gasteiger partial charge in [0.1, 0.15) is 0 Å². The van der Waals surface area contributed by atoms with Gasteiger partial charge in [0.2, 0.25) is 0 Å². The Hall–Kier alpha value is -3.00. The molecule has 0 aromatic heterocycles. The van der Waals surface area contributed by atoms with Gasteiger partial charge in [0, 0.05) is 18.3 Å². The summed E-state index contributed by atoms with van der Waals surface area (Å²) in [7, 11) is 0. The fraction of sp³-hybridized carbons (Fsp3) is 0.0667. The first-order valence-corrected chi connectivity index (χ1v) is 5.89. The van der Waals surface area contributed by atoms with E-state index in [9.17, 15) is 10.1 Å². The van der Waals surface area contributed by atoms with E-state index in [-0.39, 0.29) is 5.69 Å². The third-order valence-corrected chi connectivity index (χ3v) is 2.78. The number of nitro benzene ring substituents is 1. The minimum Gasteiger partial charge on any atom is -0.258 e. The van der Waals surface area contributed by atoms with Crippen LogP contribution in [-0.4, -0.2) is 11.1 Å². The maximum absolute atomic E-state index is 10.6. The number of benzene rings is 2. The maximum atomic E-state index is 10.6. The minimum absolute atomic E-state index is 0.0554. The number of aryl methyl sites for hydroxylation is 1. The molecule has 0 aliphatic heterocycles. The average Bonchev–Trinajstić information content (AvgIpc) is 2.46. The van der Waals surface area contributed by atoms with Crippen molar-refractivity contribution >= 4 is 17.6 Å². The second kappa shape index (κ2) is 5.76. The molecule has 0 atom stereocenters. The molecule has 2 rings (SSSR count). The van der Waals surface area contributed by atoms with Crippen LogP contribution in [0.1, 0.15) is 16.7 Å². The fourth-order valence-electron chi connectivity index (χ4n) is 1.69. The van der Waals surface area contributed by atoms with Crippen molar-refractivity contribution in [1.82, 2.24) is 0 Å². The highest BCUT2D eigenvalue weighted by Crippen LogP contribution is 2.23. The first-order valence-electron chi connectivity index (χ1n) is 5.89. The summed E-state index contributed by atoms with van der Waals surface area (Å²) in [6.07, 6.45) is 1.66. The van der Waals surface area contributed by atoms with Gasteiger partial charge >= 0.3 is 0 Å². The Morgan fingerprint density at radius 3 is 2.50 bits per heavy atom. The van der Waals surface area contributed by atoms with Crippen LogP contribution in [0.3, 0.4) is 0 Å². The predicted octanol–water partition coefficient (Wildman–Crippen LogP) is 3.53. The van der Waals surface area contributed by atoms with E-state index in [1.54, 1.807) is 43.5 Å². The van der Waals surface area contributed by atoms with E-state index in [1.807, 2.05) is 6.07 Å². The van der Waals surface area contributed by atoms with E-state index in [2.05, 4.69) is 4.99 Å². The molecule has 98 valence electrons. The Morgan fingerprint density at radius 2 is 1.95 bits per heavy atom. The number of nitriles is 1. The Labute approximate surface area is 116 Å². The van der Waals surface area contributed by atoms with Crippen molar-refractivity contribution in [2.24, 2.45) is 4.99 Å². The number of rotatable bonds is 3. The van der Waals surface area contributed by atoms with Crippen LogP contribution in [-0.2, 0) is 0 Å². The number of hydrogen-bond donors (Lipinski definition) is 0. The molecule has 0 heterocycles. The van der Waals surface area contributed by atoms with Crippen LogP contribution < -0.4 is 0 Å². The van der Waals surface area contributed by atoms with Gasteiger partial charge in [-0.15, -0.1) is 0 Å². The monoisotopic (exact) mass is 265 g/mol. The molecule has 0 aliphatic rings. The highest BCUT2D eigenvalue weighted by atomic mass is 16.6. The van der Waals surface area contributed by atoms with E-state index >= 15 is 0 Å². The molecule has 2 aromatic rings. The molecular weight excluding hydrogens is 254 g/mol. The van der Waals surface area contributed by atoms with Gasteiger partial charge in [-0.1, -0.05) is 12.1 Å². The predicted molar refractivity (Wildman–Crippen MR) is 76.2 cm³/mol. The molecule has 0 amide bonds. The zero-order valence-electron chi connectivity index (χ0n) is 10.8. The topological polar surface area (TPSA) is 79.3 Å². The van der Waals surface area contributed by atoms with Gasteiger partial charge in [-0.2, -0.15) is 5.26 Å². The number of aliphatic imine (C=N–C) groups is 1. The number of nitrogens with zero attached hydrogens (tertiary/aromatic N) is 3. The van der Waals surface area contributed by atoms with Gasteiger partial charge in [0.15, 0.2) is 0 Å². The second-order valence-electron chi connectivity index (χ2n) is 4.22. The number of hydrogen-bond acceptors (Lipinski definition) is 4. The highest BCUT2D eigenvalue weighted by Gasteiger charge is 2.06. The molecule has 0 fully saturated rings. The van der Waals surface area contributed by atoms with Gasteiger partial charge in [-0.25, -0.2) is 0 Å². The van der Waals surface area contributed by atoms with Gasteiger partial charge < -0.3 is 0 Å². The summed E-state index contributed by atoms with van der Waals surface area (Å²) in [5, 5.41) is 19.3. The third kappa shape index (κ3) is 3.06. The molecule has 0 N–H and O–H groups in total. The molecule has 0 saturated carbocycles. The van der Waals surface area contributed by atoms with Crippen molar-refractivity contribution in [2.45, 2.75) is 6.92 Å². The largest absolute Gasteiger partial charge is 0.269 e. The van der Waals surface area contributed by atoms with Crippen LogP contribution in [0.5, 0.6) is 0 Å². The smallest absolute Gasteiger partial charge is 0.258 e. The van der Waals surface area contributed by atoms with Gasteiger partial charge in [-0.3, -0.25) is 15.1 Å². The van der Waals surface area contributed by atoms with E-state index < -0.39 is 4.92 Å². The third-order valence-electron chi connectivity index (χ3n) is 2.78. The molecule has 0 bridgehead atoms. The summed E-state index contributed by atoms with van der Waals surface area (Å²) >= 11 is 0. The van der Waals surface area contributed by atoms with Crippen LogP contribution in [0.2, 0.25) is 0 Å². The first-order chi connectivity index (χ1) is 9.60. The molecule has 0 saturated heterocycles. The van der Waals surface area contributed by atoms with E-state index in [0.29, 0.717) is 11.3 Å². The summed E-state index contributed by atoms with van der Waals surface area (Å²) < 4.78 is 0. The average molecular weight is 265 g/mol. The zero-order valence-corrected chi connectivity index (χ0v) is 10.8. The lowest BCUT2D eigenvalue weighted by atomic mass is 10.1. The van der Waals surface area contributed by atoms with Crippen LogP contribution in [0, 0.1) is 28.4 Å². The van der Waals surface area contributed by atoms with Gasteiger partial charge in [0.25, 0.3) is 5.69 Å². The van der Waals surface area contributed by atoms with E-state index in [1.165, 1.54) is 12.1 Å². The quantitative estimate of drug-likeness (QED) is 0.483. The van der Waals surface area contributed by atoms with Crippen LogP contribution in [0.4, 0.5) is 11.4 Å². The molecule has 0 spiro atoms. The molecule has 0 unspecified atom stereocenters. The van der Waals surface area contributed by atoms with Crippen LogP contribution in [0.25, 0.3) is 0 Å². The normalized spacial score (nSPS) is 10.4. The summed E-state index contributed by atoms with van der Waals surface area (Å²) in [6, 6.07) is 13.6. The van der Waals surface area contributed by atoms with Crippen molar-refractivity contribution in [2.75, 3.05) is 0 Å². The van der Waals surface area contributed by atoms with Crippen molar-refractivity contribution < 1.29 is 4.92 Å². The molecule has 0 aliphatic carbocycles. The lowest BCUT2D eigenvalue weighted by Gasteiger charge is -2.00. The Bertz CT molecular complexity index is 713. The van der Waals surface area contributed by atoms with E-state index in [0.717, 1.165) is 11.1 Å². The molecular formula is C15H11N3O2. The van der Waals surface area contributed by atoms with Crippen molar-refractivity contribution in [3.8, 4) is 6.07 Å². The summed E-state index contributed by atoms with van der Waals surface area (Å²) in [4.78, 5) is 14.5. The number of nitro groups is 1. The Kier molecular flexibility index (Phi) is 3.87. The van der Waals surface area contributed by atoms with Crippen molar-refractivity contribution in [1.29, 1.82) is 5.26 Å². The Morgan fingerprint density at radius 1 is 1.25 bits per heavy atom. The molecule has 5 nitrogen and oxygen atoms in total. The summed E-state index contributed by atoms with van der Waals surface area (Å²) in [5.74, 6) is 0. The van der Waals surface area contributed by atoms with Crippen molar-refractivity contribution in [3.05, 3.63) is 69.3 Å². The summed E-state index contributed by atoms with van der Waals surface area (Å²) in [5.41, 5.74) is 2.93. The minimum atomic E-state index is -0.429. The SMILES string of the molecule is Cc1cc([N+](=O)[O-])ccc1N=Cc1ccc(C#N)cc1. The molecule has 20 heavy (non-hydrogen) atoms. The van der Waals surface area contributed by atoms with Gasteiger partial charge in [0.05, 0.1) is 22.2 Å².